The lowest BCUT2D eigenvalue weighted by molar-refractivity contribution is -0.136. The minimum atomic E-state index is -0.799. The van der Waals surface area contributed by atoms with Crippen LogP contribution >= 0.6 is 11.3 Å². The summed E-state index contributed by atoms with van der Waals surface area (Å²) in [5.41, 5.74) is 1.52. The third kappa shape index (κ3) is 1.85. The average molecular weight is 220 g/mol. The second-order valence-electron chi connectivity index (χ2n) is 3.04. The third-order valence-corrected chi connectivity index (χ3v) is 2.91. The van der Waals surface area contributed by atoms with Crippen molar-refractivity contribution in [2.45, 2.75) is 12.8 Å². The van der Waals surface area contributed by atoms with E-state index < -0.39 is 5.97 Å². The van der Waals surface area contributed by atoms with Gasteiger partial charge in [-0.3, -0.25) is 9.20 Å². The number of fused-ring (bicyclic) bond motifs is 1. The molecule has 0 bridgehead atoms. The summed E-state index contributed by atoms with van der Waals surface area (Å²) in [5, 5.41) is 10.5. The zero-order chi connectivity index (χ0) is 10.8. The molecule has 0 radical (unpaired) electrons. The molecule has 15 heavy (non-hydrogen) atoms. The van der Waals surface area contributed by atoms with E-state index in [4.69, 9.17) is 11.5 Å². The molecule has 1 N–H and O–H groups in total. The van der Waals surface area contributed by atoms with Crippen LogP contribution in [0.5, 0.6) is 0 Å². The largest absolute Gasteiger partial charge is 0.481 e. The van der Waals surface area contributed by atoms with Gasteiger partial charge < -0.3 is 5.11 Å². The number of terminal acetylenes is 1. The molecule has 0 aliphatic rings. The molecule has 4 nitrogen and oxygen atoms in total. The highest BCUT2D eigenvalue weighted by atomic mass is 32.1. The van der Waals surface area contributed by atoms with Crippen molar-refractivity contribution in [2.24, 2.45) is 0 Å². The van der Waals surface area contributed by atoms with E-state index in [-0.39, 0.29) is 6.42 Å². The molecule has 0 amide bonds. The average Bonchev–Trinajstić information content (AvgIpc) is 2.73. The first-order chi connectivity index (χ1) is 7.20. The number of imidazole rings is 1. The van der Waals surface area contributed by atoms with E-state index in [2.05, 4.69) is 10.9 Å². The van der Waals surface area contributed by atoms with Gasteiger partial charge in [0.1, 0.15) is 5.69 Å². The number of aryl methyl sites for hydroxylation is 1. The normalized spacial score (nSPS) is 10.3. The number of hydrogen-bond acceptors (Lipinski definition) is 3. The van der Waals surface area contributed by atoms with Crippen LogP contribution in [0.4, 0.5) is 0 Å². The Hall–Kier alpha value is -1.80. The number of rotatable bonds is 3. The molecule has 0 fully saturated rings. The number of nitrogens with zero attached hydrogens (tertiary/aromatic N) is 2. The fourth-order valence-electron chi connectivity index (χ4n) is 1.31. The van der Waals surface area contributed by atoms with Crippen molar-refractivity contribution in [1.82, 2.24) is 9.38 Å². The van der Waals surface area contributed by atoms with Gasteiger partial charge in [-0.15, -0.1) is 17.8 Å². The van der Waals surface area contributed by atoms with Crippen LogP contribution in [0.25, 0.3) is 4.96 Å². The van der Waals surface area contributed by atoms with Crippen molar-refractivity contribution in [3.63, 3.8) is 0 Å². The molecule has 5 heteroatoms. The van der Waals surface area contributed by atoms with E-state index in [1.165, 1.54) is 11.3 Å². The molecule has 0 aliphatic heterocycles. The Balaban J connectivity index is 2.31. The van der Waals surface area contributed by atoms with Crippen LogP contribution in [-0.4, -0.2) is 20.5 Å². The molecule has 0 unspecified atom stereocenters. The summed E-state index contributed by atoms with van der Waals surface area (Å²) in [7, 11) is 0. The molecular weight excluding hydrogens is 212 g/mol. The molecule has 2 heterocycles. The summed E-state index contributed by atoms with van der Waals surface area (Å²) in [6, 6.07) is 0. The number of carboxylic acid groups (broad SMARTS) is 1. The number of aromatic nitrogens is 2. The quantitative estimate of drug-likeness (QED) is 0.795. The number of carbonyl (C=O) groups is 1. The van der Waals surface area contributed by atoms with Crippen molar-refractivity contribution in [1.29, 1.82) is 0 Å². The molecule has 0 saturated heterocycles. The molecule has 0 saturated carbocycles. The zero-order valence-electron chi connectivity index (χ0n) is 7.80. The van der Waals surface area contributed by atoms with E-state index in [0.29, 0.717) is 12.1 Å². The molecule has 2 aromatic heterocycles. The summed E-state index contributed by atoms with van der Waals surface area (Å²) in [6.07, 6.45) is 7.60. The van der Waals surface area contributed by atoms with E-state index >= 15 is 0 Å². The molecule has 0 aliphatic carbocycles. The molecule has 0 aromatic carbocycles. The standard InChI is InChI=1S/C10H8N2O2S/c1-2-7-5-12-8(3-4-9(13)14)6-15-10(12)11-7/h1,5-6H,3-4H2,(H,13,14). The fraction of sp³-hybridized carbons (Fsp3) is 0.200. The minimum Gasteiger partial charge on any atom is -0.481 e. The molecule has 2 aromatic rings. The maximum Gasteiger partial charge on any atom is 0.303 e. The van der Waals surface area contributed by atoms with Gasteiger partial charge in [0.2, 0.25) is 0 Å². The van der Waals surface area contributed by atoms with Gasteiger partial charge in [-0.25, -0.2) is 4.98 Å². The Morgan fingerprint density at radius 1 is 1.73 bits per heavy atom. The summed E-state index contributed by atoms with van der Waals surface area (Å²) in [5.74, 6) is 1.65. The van der Waals surface area contributed by atoms with E-state index in [0.717, 1.165) is 10.7 Å². The van der Waals surface area contributed by atoms with Crippen LogP contribution in [0.2, 0.25) is 0 Å². The van der Waals surface area contributed by atoms with Gasteiger partial charge in [0, 0.05) is 17.3 Å². The van der Waals surface area contributed by atoms with Crippen molar-refractivity contribution < 1.29 is 9.90 Å². The highest BCUT2D eigenvalue weighted by molar-refractivity contribution is 7.15. The van der Waals surface area contributed by atoms with Gasteiger partial charge in [-0.2, -0.15) is 0 Å². The summed E-state index contributed by atoms with van der Waals surface area (Å²) < 4.78 is 1.85. The Morgan fingerprint density at radius 3 is 3.20 bits per heavy atom. The first-order valence-corrected chi connectivity index (χ1v) is 5.22. The molecular formula is C10H8N2O2S. The van der Waals surface area contributed by atoms with Crippen LogP contribution < -0.4 is 0 Å². The van der Waals surface area contributed by atoms with Crippen molar-refractivity contribution in [2.75, 3.05) is 0 Å². The predicted octanol–water partition coefficient (Wildman–Crippen LogP) is 1.39. The topological polar surface area (TPSA) is 54.6 Å². The second kappa shape index (κ2) is 3.75. The van der Waals surface area contributed by atoms with Crippen molar-refractivity contribution in [3.8, 4) is 12.3 Å². The third-order valence-electron chi connectivity index (χ3n) is 2.03. The van der Waals surface area contributed by atoms with Gasteiger partial charge in [0.25, 0.3) is 0 Å². The van der Waals surface area contributed by atoms with E-state index in [1.54, 1.807) is 6.20 Å². The van der Waals surface area contributed by atoms with Gasteiger partial charge in [0.05, 0.1) is 6.42 Å². The maximum atomic E-state index is 10.4. The van der Waals surface area contributed by atoms with Crippen LogP contribution in [-0.2, 0) is 11.2 Å². The summed E-state index contributed by atoms with van der Waals surface area (Å²) in [6.45, 7) is 0. The van der Waals surface area contributed by atoms with Crippen molar-refractivity contribution >= 4 is 22.3 Å². The van der Waals surface area contributed by atoms with Gasteiger partial charge in [-0.05, 0) is 12.3 Å². The molecule has 0 spiro atoms. The Kier molecular flexibility index (Phi) is 2.44. The Morgan fingerprint density at radius 2 is 2.53 bits per heavy atom. The lowest BCUT2D eigenvalue weighted by Gasteiger charge is -1.94. The Bertz CT molecular complexity index is 547. The minimum absolute atomic E-state index is 0.120. The lowest BCUT2D eigenvalue weighted by Crippen LogP contribution is -1.99. The van der Waals surface area contributed by atoms with Gasteiger partial charge in [0.15, 0.2) is 4.96 Å². The molecule has 76 valence electrons. The van der Waals surface area contributed by atoms with Crippen LogP contribution in [0, 0.1) is 12.3 Å². The molecule has 0 atom stereocenters. The Labute approximate surface area is 90.2 Å². The first-order valence-electron chi connectivity index (χ1n) is 4.34. The second-order valence-corrected chi connectivity index (χ2v) is 3.88. The fourth-order valence-corrected chi connectivity index (χ4v) is 2.22. The van der Waals surface area contributed by atoms with Crippen molar-refractivity contribution in [3.05, 3.63) is 23.0 Å². The number of carboxylic acids is 1. The number of hydrogen-bond donors (Lipinski definition) is 1. The SMILES string of the molecule is C#Cc1cn2c(CCC(=O)O)csc2n1. The number of thiazole rings is 1. The smallest absolute Gasteiger partial charge is 0.303 e. The highest BCUT2D eigenvalue weighted by Crippen LogP contribution is 2.17. The number of aliphatic carboxylic acids is 1. The summed E-state index contributed by atoms with van der Waals surface area (Å²) in [4.78, 5) is 15.4. The van der Waals surface area contributed by atoms with Crippen LogP contribution in [0.15, 0.2) is 11.6 Å². The van der Waals surface area contributed by atoms with Gasteiger partial charge in [-0.1, -0.05) is 0 Å². The first kappa shape index (κ1) is 9.74. The zero-order valence-corrected chi connectivity index (χ0v) is 8.62. The highest BCUT2D eigenvalue weighted by Gasteiger charge is 2.08. The lowest BCUT2D eigenvalue weighted by atomic mass is 10.2. The molecule has 2 rings (SSSR count). The van der Waals surface area contributed by atoms with Gasteiger partial charge >= 0.3 is 5.97 Å². The van der Waals surface area contributed by atoms with E-state index in [9.17, 15) is 4.79 Å². The monoisotopic (exact) mass is 220 g/mol. The van der Waals surface area contributed by atoms with Crippen LogP contribution in [0.1, 0.15) is 17.8 Å². The maximum absolute atomic E-state index is 10.4. The van der Waals surface area contributed by atoms with Crippen LogP contribution in [0.3, 0.4) is 0 Å². The summed E-state index contributed by atoms with van der Waals surface area (Å²) >= 11 is 1.47. The predicted molar refractivity (Wildman–Crippen MR) is 57.0 cm³/mol. The van der Waals surface area contributed by atoms with E-state index in [1.807, 2.05) is 9.78 Å².